The fraction of sp³-hybridized carbons (Fsp3) is 0.0909. The Labute approximate surface area is 110 Å². The molecule has 19 heavy (non-hydrogen) atoms. The Balaban J connectivity index is 2.28. The lowest BCUT2D eigenvalue weighted by Crippen LogP contribution is -2.17. The highest BCUT2D eigenvalue weighted by atomic mass is 35.5. The molecule has 0 N–H and O–H groups in total. The second-order valence-electron chi connectivity index (χ2n) is 3.25. The molecule has 1 aromatic heterocycles. The van der Waals surface area contributed by atoms with E-state index in [2.05, 4.69) is 14.7 Å². The van der Waals surface area contributed by atoms with Gasteiger partial charge in [0, 0.05) is 12.4 Å². The second kappa shape index (κ2) is 5.31. The van der Waals surface area contributed by atoms with Gasteiger partial charge in [-0.3, -0.25) is 0 Å². The monoisotopic (exact) mass is 290 g/mol. The zero-order chi connectivity index (χ0) is 13.9. The SMILES string of the molecule is FC(F)(F)Oc1ccccc1Oc1nccnc1Cl. The molecule has 0 aliphatic heterocycles. The van der Waals surface area contributed by atoms with E-state index in [-0.39, 0.29) is 16.8 Å². The number of alkyl halides is 3. The van der Waals surface area contributed by atoms with Gasteiger partial charge < -0.3 is 9.47 Å². The molecule has 0 atom stereocenters. The molecule has 0 aliphatic carbocycles. The van der Waals surface area contributed by atoms with E-state index in [1.54, 1.807) is 0 Å². The summed E-state index contributed by atoms with van der Waals surface area (Å²) in [6, 6.07) is 5.29. The average molecular weight is 291 g/mol. The van der Waals surface area contributed by atoms with E-state index in [1.165, 1.54) is 30.6 Å². The Bertz CT molecular complexity index is 578. The van der Waals surface area contributed by atoms with Crippen LogP contribution in [-0.4, -0.2) is 16.3 Å². The molecule has 2 aromatic rings. The molecule has 0 saturated heterocycles. The summed E-state index contributed by atoms with van der Waals surface area (Å²) < 4.78 is 45.6. The quantitative estimate of drug-likeness (QED) is 0.862. The Morgan fingerprint density at radius 1 is 1.00 bits per heavy atom. The van der Waals surface area contributed by atoms with Crippen LogP contribution in [-0.2, 0) is 0 Å². The standard InChI is InChI=1S/C11H6ClF3N2O2/c12-9-10(17-6-5-16-9)18-7-3-1-2-4-8(7)19-11(13,14)15/h1-6H. The number of nitrogens with zero attached hydrogens (tertiary/aromatic N) is 2. The maximum atomic E-state index is 12.2. The van der Waals surface area contributed by atoms with Crippen molar-refractivity contribution < 1.29 is 22.6 Å². The molecule has 0 bridgehead atoms. The summed E-state index contributed by atoms with van der Waals surface area (Å²) >= 11 is 5.70. The predicted octanol–water partition coefficient (Wildman–Crippen LogP) is 3.82. The molecular formula is C11H6ClF3N2O2. The third-order valence-electron chi connectivity index (χ3n) is 1.90. The maximum Gasteiger partial charge on any atom is 0.573 e. The molecule has 2 rings (SSSR count). The van der Waals surface area contributed by atoms with Crippen molar-refractivity contribution in [3.8, 4) is 17.4 Å². The van der Waals surface area contributed by atoms with Gasteiger partial charge in [0.05, 0.1) is 0 Å². The minimum atomic E-state index is -4.81. The zero-order valence-corrected chi connectivity index (χ0v) is 9.94. The summed E-state index contributed by atoms with van der Waals surface area (Å²) in [7, 11) is 0. The van der Waals surface area contributed by atoms with Gasteiger partial charge in [-0.1, -0.05) is 23.7 Å². The lowest BCUT2D eigenvalue weighted by atomic mass is 10.3. The fourth-order valence-electron chi connectivity index (χ4n) is 1.22. The summed E-state index contributed by atoms with van der Waals surface area (Å²) in [4.78, 5) is 7.45. The van der Waals surface area contributed by atoms with E-state index in [9.17, 15) is 13.2 Å². The van der Waals surface area contributed by atoms with Crippen LogP contribution in [0.1, 0.15) is 0 Å². The van der Waals surface area contributed by atoms with Crippen molar-refractivity contribution in [2.75, 3.05) is 0 Å². The van der Waals surface area contributed by atoms with Crippen molar-refractivity contribution in [3.05, 3.63) is 41.8 Å². The summed E-state index contributed by atoms with van der Waals surface area (Å²) in [6.07, 6.45) is -2.19. The molecular weight excluding hydrogens is 285 g/mol. The normalized spacial score (nSPS) is 11.2. The topological polar surface area (TPSA) is 44.2 Å². The lowest BCUT2D eigenvalue weighted by Gasteiger charge is -2.13. The molecule has 0 unspecified atom stereocenters. The number of hydrogen-bond donors (Lipinski definition) is 0. The Hall–Kier alpha value is -2.02. The van der Waals surface area contributed by atoms with Crippen molar-refractivity contribution >= 4 is 11.6 Å². The third-order valence-corrected chi connectivity index (χ3v) is 2.16. The van der Waals surface area contributed by atoms with Crippen molar-refractivity contribution in [2.45, 2.75) is 6.36 Å². The number of rotatable bonds is 3. The summed E-state index contributed by atoms with van der Waals surface area (Å²) in [5.74, 6) is -0.763. The van der Waals surface area contributed by atoms with Crippen LogP contribution in [0, 0.1) is 0 Å². The first kappa shape index (κ1) is 13.4. The van der Waals surface area contributed by atoms with Crippen molar-refractivity contribution in [1.82, 2.24) is 9.97 Å². The van der Waals surface area contributed by atoms with E-state index in [0.717, 1.165) is 6.07 Å². The molecule has 0 amide bonds. The van der Waals surface area contributed by atoms with Crippen LogP contribution in [0.3, 0.4) is 0 Å². The smallest absolute Gasteiger partial charge is 0.432 e. The first-order valence-corrected chi connectivity index (χ1v) is 5.32. The van der Waals surface area contributed by atoms with E-state index < -0.39 is 12.1 Å². The molecule has 1 heterocycles. The number of aromatic nitrogens is 2. The molecule has 0 spiro atoms. The second-order valence-corrected chi connectivity index (χ2v) is 3.61. The van der Waals surface area contributed by atoms with E-state index >= 15 is 0 Å². The summed E-state index contributed by atoms with van der Waals surface area (Å²) in [6.45, 7) is 0. The number of halogens is 4. The predicted molar refractivity (Wildman–Crippen MR) is 60.2 cm³/mol. The van der Waals surface area contributed by atoms with Gasteiger partial charge in [-0.25, -0.2) is 9.97 Å². The minimum absolute atomic E-state index is 0.0655. The van der Waals surface area contributed by atoms with Gasteiger partial charge in [0.15, 0.2) is 16.7 Å². The van der Waals surface area contributed by atoms with Crippen molar-refractivity contribution in [3.63, 3.8) is 0 Å². The maximum absolute atomic E-state index is 12.2. The summed E-state index contributed by atoms with van der Waals surface area (Å²) in [5.41, 5.74) is 0. The van der Waals surface area contributed by atoms with Gasteiger partial charge in [-0.2, -0.15) is 0 Å². The molecule has 0 radical (unpaired) electrons. The fourth-order valence-corrected chi connectivity index (χ4v) is 1.37. The Morgan fingerprint density at radius 3 is 2.26 bits per heavy atom. The number of benzene rings is 1. The highest BCUT2D eigenvalue weighted by molar-refractivity contribution is 6.30. The Kier molecular flexibility index (Phi) is 3.75. The molecule has 8 heteroatoms. The number of ether oxygens (including phenoxy) is 2. The Morgan fingerprint density at radius 2 is 1.63 bits per heavy atom. The number of para-hydroxylation sites is 2. The van der Waals surface area contributed by atoms with Crippen LogP contribution in [0.2, 0.25) is 5.15 Å². The van der Waals surface area contributed by atoms with Crippen LogP contribution >= 0.6 is 11.6 Å². The lowest BCUT2D eigenvalue weighted by molar-refractivity contribution is -0.275. The van der Waals surface area contributed by atoms with Crippen molar-refractivity contribution in [1.29, 1.82) is 0 Å². The first-order valence-electron chi connectivity index (χ1n) is 4.95. The zero-order valence-electron chi connectivity index (χ0n) is 9.19. The van der Waals surface area contributed by atoms with Crippen LogP contribution < -0.4 is 9.47 Å². The largest absolute Gasteiger partial charge is 0.573 e. The van der Waals surface area contributed by atoms with Gasteiger partial charge in [-0.15, -0.1) is 13.2 Å². The van der Waals surface area contributed by atoms with E-state index in [0.29, 0.717) is 0 Å². The van der Waals surface area contributed by atoms with Gasteiger partial charge in [0.2, 0.25) is 0 Å². The summed E-state index contributed by atoms with van der Waals surface area (Å²) in [5, 5.41) is -0.0655. The first-order chi connectivity index (χ1) is 8.96. The van der Waals surface area contributed by atoms with Crippen LogP contribution in [0.25, 0.3) is 0 Å². The van der Waals surface area contributed by atoms with Gasteiger partial charge in [0.25, 0.3) is 5.88 Å². The van der Waals surface area contributed by atoms with E-state index in [1.807, 2.05) is 0 Å². The highest BCUT2D eigenvalue weighted by Gasteiger charge is 2.32. The van der Waals surface area contributed by atoms with Gasteiger partial charge >= 0.3 is 6.36 Å². The van der Waals surface area contributed by atoms with Crippen LogP contribution in [0.15, 0.2) is 36.7 Å². The molecule has 1 aromatic carbocycles. The van der Waals surface area contributed by atoms with E-state index in [4.69, 9.17) is 16.3 Å². The highest BCUT2D eigenvalue weighted by Crippen LogP contribution is 2.35. The van der Waals surface area contributed by atoms with Gasteiger partial charge in [-0.05, 0) is 12.1 Å². The third kappa shape index (κ3) is 3.72. The average Bonchev–Trinajstić information content (AvgIpc) is 2.33. The van der Waals surface area contributed by atoms with Gasteiger partial charge in [0.1, 0.15) is 0 Å². The van der Waals surface area contributed by atoms with Crippen molar-refractivity contribution in [2.24, 2.45) is 0 Å². The number of hydrogen-bond acceptors (Lipinski definition) is 4. The molecule has 100 valence electrons. The molecule has 0 saturated carbocycles. The van der Waals surface area contributed by atoms with Crippen LogP contribution in [0.4, 0.5) is 13.2 Å². The molecule has 4 nitrogen and oxygen atoms in total. The minimum Gasteiger partial charge on any atom is -0.432 e. The molecule has 0 fully saturated rings. The molecule has 0 aliphatic rings. The van der Waals surface area contributed by atoms with Crippen LogP contribution in [0.5, 0.6) is 17.4 Å².